The molecule has 3 N–H and O–H groups in total. The molecule has 1 atom stereocenters. The summed E-state index contributed by atoms with van der Waals surface area (Å²) in [5, 5.41) is 8.33. The molecule has 9 nitrogen and oxygen atoms in total. The van der Waals surface area contributed by atoms with Gasteiger partial charge in [0, 0.05) is 30.8 Å². The minimum absolute atomic E-state index is 0.108. The van der Waals surface area contributed by atoms with E-state index >= 15 is 0 Å². The molecule has 5 rings (SSSR count). The molecule has 190 valence electrons. The minimum Gasteiger partial charge on any atom is -0.496 e. The van der Waals surface area contributed by atoms with Crippen LogP contribution in [0.3, 0.4) is 0 Å². The summed E-state index contributed by atoms with van der Waals surface area (Å²) in [5.74, 6) is 7.60. The quantitative estimate of drug-likeness (QED) is 0.601. The van der Waals surface area contributed by atoms with Gasteiger partial charge in [-0.15, -0.1) is 0 Å². The van der Waals surface area contributed by atoms with Gasteiger partial charge in [0.05, 0.1) is 20.3 Å². The average Bonchev–Trinajstić information content (AvgIpc) is 3.65. The highest BCUT2D eigenvalue weighted by molar-refractivity contribution is 6.04. The Hall–Kier alpha value is -3.67. The van der Waals surface area contributed by atoms with Gasteiger partial charge in [-0.3, -0.25) is 9.59 Å². The number of fused-ring (bicyclic) bond motifs is 1. The number of hydrogen-bond acceptors (Lipinski definition) is 6. The monoisotopic (exact) mass is 491 g/mol. The number of anilines is 1. The lowest BCUT2D eigenvalue weighted by Crippen LogP contribution is -2.41. The van der Waals surface area contributed by atoms with Gasteiger partial charge in [0.25, 0.3) is 11.8 Å². The van der Waals surface area contributed by atoms with Crippen LogP contribution in [0, 0.1) is 17.8 Å². The number of hydrogen-bond donors (Lipinski definition) is 2. The fraction of sp³-hybridized carbons (Fsp3) is 0.519. The summed E-state index contributed by atoms with van der Waals surface area (Å²) in [6.45, 7) is 3.75. The maximum Gasteiger partial charge on any atom is 0.298 e. The number of benzene rings is 1. The summed E-state index contributed by atoms with van der Waals surface area (Å²) in [6.07, 6.45) is 4.82. The Balaban J connectivity index is 1.51. The number of amides is 2. The second kappa shape index (κ2) is 9.76. The number of nitrogens with two attached hydrogens (primary N) is 1. The number of carbonyl (C=O) groups is 2. The molecular weight excluding hydrogens is 458 g/mol. The Morgan fingerprint density at radius 3 is 2.31 bits per heavy atom. The number of aromatic nitrogens is 2. The second-order valence-corrected chi connectivity index (χ2v) is 9.74. The van der Waals surface area contributed by atoms with Crippen LogP contribution in [-0.4, -0.2) is 60.3 Å². The maximum absolute atomic E-state index is 12.7. The molecule has 1 aliphatic carbocycles. The minimum atomic E-state index is -0.526. The van der Waals surface area contributed by atoms with E-state index in [1.165, 1.54) is 0 Å². The van der Waals surface area contributed by atoms with Crippen LogP contribution in [0.4, 0.5) is 5.82 Å². The third kappa shape index (κ3) is 4.25. The van der Waals surface area contributed by atoms with Crippen molar-refractivity contribution in [3.63, 3.8) is 0 Å². The van der Waals surface area contributed by atoms with Crippen molar-refractivity contribution in [3.05, 3.63) is 23.3 Å². The van der Waals surface area contributed by atoms with Crippen molar-refractivity contribution in [1.29, 1.82) is 0 Å². The Bertz CT molecular complexity index is 1220. The summed E-state index contributed by atoms with van der Waals surface area (Å²) in [4.78, 5) is 26.7. The van der Waals surface area contributed by atoms with Gasteiger partial charge in [-0.05, 0) is 68.9 Å². The van der Waals surface area contributed by atoms with Crippen molar-refractivity contribution in [2.75, 3.05) is 39.2 Å². The molecule has 0 radical (unpaired) electrons. The first-order chi connectivity index (χ1) is 17.5. The lowest BCUT2D eigenvalue weighted by Gasteiger charge is -2.37. The molecular formula is C27H33N5O4. The number of methoxy groups -OCH3 is 2. The summed E-state index contributed by atoms with van der Waals surface area (Å²) in [6, 6.07) is 3.98. The first-order valence-corrected chi connectivity index (χ1v) is 12.6. The summed E-state index contributed by atoms with van der Waals surface area (Å²) >= 11 is 0. The zero-order valence-electron chi connectivity index (χ0n) is 21.1. The maximum atomic E-state index is 12.7. The molecule has 2 fully saturated rings. The van der Waals surface area contributed by atoms with Gasteiger partial charge in [0.1, 0.15) is 28.6 Å². The predicted molar refractivity (Wildman–Crippen MR) is 136 cm³/mol. The fourth-order valence-electron chi connectivity index (χ4n) is 5.70. The molecule has 3 aliphatic rings. The van der Waals surface area contributed by atoms with E-state index in [4.69, 9.17) is 20.3 Å². The zero-order chi connectivity index (χ0) is 25.4. The van der Waals surface area contributed by atoms with Crippen LogP contribution in [0.1, 0.15) is 66.9 Å². The number of primary amides is 1. The molecule has 1 aromatic carbocycles. The van der Waals surface area contributed by atoms with Gasteiger partial charge < -0.3 is 25.4 Å². The number of nitrogens with zero attached hydrogens (tertiary/aromatic N) is 3. The molecule has 3 heterocycles. The lowest BCUT2D eigenvalue weighted by atomic mass is 9.87. The topological polar surface area (TPSA) is 112 Å². The molecule has 0 bridgehead atoms. The van der Waals surface area contributed by atoms with Crippen LogP contribution in [0.15, 0.2) is 12.1 Å². The van der Waals surface area contributed by atoms with Gasteiger partial charge in [0.15, 0.2) is 0 Å². The van der Waals surface area contributed by atoms with Crippen LogP contribution in [0.25, 0.3) is 11.3 Å². The lowest BCUT2D eigenvalue weighted by molar-refractivity contribution is -0.126. The first kappa shape index (κ1) is 24.0. The SMILES string of the molecule is CC#CC(=O)N1CCC(C2CCNc3c(C(N)=O)c(-c4cc(OC)c(C5CC5)c(OC)c4)nn32)CC1. The predicted octanol–water partition coefficient (Wildman–Crippen LogP) is 3.16. The normalized spacial score (nSPS) is 19.5. The molecule has 1 saturated carbocycles. The molecule has 9 heteroatoms. The van der Waals surface area contributed by atoms with Gasteiger partial charge >= 0.3 is 0 Å². The number of nitrogens with one attached hydrogen (secondary N) is 1. The second-order valence-electron chi connectivity index (χ2n) is 9.74. The highest BCUT2D eigenvalue weighted by Gasteiger charge is 2.37. The molecule has 1 saturated heterocycles. The van der Waals surface area contributed by atoms with Crippen molar-refractivity contribution in [1.82, 2.24) is 14.7 Å². The van der Waals surface area contributed by atoms with Gasteiger partial charge in [-0.1, -0.05) is 5.92 Å². The molecule has 2 aliphatic heterocycles. The van der Waals surface area contributed by atoms with Crippen molar-refractivity contribution in [2.45, 2.75) is 51.0 Å². The first-order valence-electron chi connectivity index (χ1n) is 12.6. The Labute approximate surface area is 211 Å². The Morgan fingerprint density at radius 2 is 1.75 bits per heavy atom. The van der Waals surface area contributed by atoms with Crippen molar-refractivity contribution >= 4 is 17.6 Å². The van der Waals surface area contributed by atoms with E-state index in [-0.39, 0.29) is 11.9 Å². The summed E-state index contributed by atoms with van der Waals surface area (Å²) < 4.78 is 13.4. The smallest absolute Gasteiger partial charge is 0.298 e. The van der Waals surface area contributed by atoms with Crippen molar-refractivity contribution < 1.29 is 19.1 Å². The van der Waals surface area contributed by atoms with E-state index in [9.17, 15) is 9.59 Å². The number of carbonyl (C=O) groups excluding carboxylic acids is 2. The van der Waals surface area contributed by atoms with E-state index in [1.807, 2.05) is 21.7 Å². The third-order valence-electron chi connectivity index (χ3n) is 7.61. The van der Waals surface area contributed by atoms with Gasteiger partial charge in [0.2, 0.25) is 0 Å². The van der Waals surface area contributed by atoms with E-state index < -0.39 is 5.91 Å². The molecule has 2 amide bonds. The van der Waals surface area contributed by atoms with Crippen molar-refractivity contribution in [3.8, 4) is 34.6 Å². The number of piperidine rings is 1. The Kier molecular flexibility index (Phi) is 6.52. The van der Waals surface area contributed by atoms with E-state index in [2.05, 4.69) is 17.2 Å². The van der Waals surface area contributed by atoms with Gasteiger partial charge in [-0.25, -0.2) is 4.68 Å². The van der Waals surface area contributed by atoms with Crippen LogP contribution < -0.4 is 20.5 Å². The van der Waals surface area contributed by atoms with E-state index in [0.717, 1.165) is 61.3 Å². The number of ether oxygens (including phenoxy) is 2. The third-order valence-corrected chi connectivity index (χ3v) is 7.61. The van der Waals surface area contributed by atoms with Crippen LogP contribution in [-0.2, 0) is 4.79 Å². The highest BCUT2D eigenvalue weighted by Crippen LogP contribution is 2.50. The molecule has 36 heavy (non-hydrogen) atoms. The van der Waals surface area contributed by atoms with E-state index in [1.54, 1.807) is 21.1 Å². The standard InChI is InChI=1S/C27H33N5O4/c1-4-5-22(33)31-12-9-16(10-13-31)19-8-11-29-27-24(26(28)34)25(30-32(19)27)18-14-20(35-2)23(17-6-7-17)21(15-18)36-3/h14-17,19,29H,6-13H2,1-3H3,(H2,28,34). The zero-order valence-corrected chi connectivity index (χ0v) is 21.1. The largest absolute Gasteiger partial charge is 0.496 e. The highest BCUT2D eigenvalue weighted by atomic mass is 16.5. The number of rotatable bonds is 6. The fourth-order valence-corrected chi connectivity index (χ4v) is 5.70. The molecule has 2 aromatic rings. The van der Waals surface area contributed by atoms with Crippen molar-refractivity contribution in [2.24, 2.45) is 11.7 Å². The molecule has 1 unspecified atom stereocenters. The average molecular weight is 492 g/mol. The van der Waals surface area contributed by atoms with E-state index in [0.29, 0.717) is 42.0 Å². The summed E-state index contributed by atoms with van der Waals surface area (Å²) in [5.41, 5.74) is 8.62. The van der Waals surface area contributed by atoms with Crippen LogP contribution in [0.5, 0.6) is 11.5 Å². The Morgan fingerprint density at radius 1 is 1.08 bits per heavy atom. The van der Waals surface area contributed by atoms with Crippen LogP contribution >= 0.6 is 0 Å². The van der Waals surface area contributed by atoms with Gasteiger partial charge in [-0.2, -0.15) is 5.10 Å². The number of likely N-dealkylation sites (tertiary alicyclic amines) is 1. The molecule has 1 aromatic heterocycles. The molecule has 0 spiro atoms. The van der Waals surface area contributed by atoms with Crippen LogP contribution in [0.2, 0.25) is 0 Å². The summed E-state index contributed by atoms with van der Waals surface area (Å²) in [7, 11) is 3.30.